The third-order valence-electron chi connectivity index (χ3n) is 11.9. The van der Waals surface area contributed by atoms with Gasteiger partial charge in [0.25, 0.3) is 0 Å². The van der Waals surface area contributed by atoms with E-state index in [1.807, 2.05) is 0 Å². The molecule has 0 fully saturated rings. The maximum Gasteiger partial charge on any atom is 0.326 e. The fraction of sp³-hybridized carbons (Fsp3) is 0.620. The van der Waals surface area contributed by atoms with Gasteiger partial charge in [-0.05, 0) is 77.8 Å². The van der Waals surface area contributed by atoms with Gasteiger partial charge in [0.2, 0.25) is 59.1 Å². The molecule has 0 aliphatic carbocycles. The summed E-state index contributed by atoms with van der Waals surface area (Å²) in [5, 5.41) is 92.0. The number of hydrogen-bond donors (Lipinski definition) is 19. The maximum absolute atomic E-state index is 14.0. The molecule has 0 aliphatic rings. The second-order valence-corrected chi connectivity index (χ2v) is 20.2. The number of carboxylic acids is 3. The van der Waals surface area contributed by atoms with E-state index in [1.54, 1.807) is 44.2 Å². The average molecular weight is 1170 g/mol. The summed E-state index contributed by atoms with van der Waals surface area (Å²) in [6.07, 6.45) is -5.36. The number of hydrogen-bond acceptors (Lipinski definition) is 19. The van der Waals surface area contributed by atoms with Gasteiger partial charge in [0.15, 0.2) is 0 Å². The molecule has 32 nitrogen and oxygen atoms in total. The number of rotatable bonds is 38. The topological polar surface area (TPSA) is 536 Å². The van der Waals surface area contributed by atoms with E-state index in [0.29, 0.717) is 18.4 Å². The highest BCUT2D eigenvalue weighted by Crippen LogP contribution is 2.11. The van der Waals surface area contributed by atoms with E-state index in [9.17, 15) is 93.0 Å². The molecular formula is C50H80N12O20. The summed E-state index contributed by atoms with van der Waals surface area (Å²) in [7, 11) is 0. The summed E-state index contributed by atoms with van der Waals surface area (Å²) in [6, 6.07) is -7.86. The van der Waals surface area contributed by atoms with Gasteiger partial charge in [0.1, 0.15) is 54.4 Å². The molecule has 1 aromatic carbocycles. The van der Waals surface area contributed by atoms with E-state index in [1.165, 1.54) is 13.8 Å². The van der Waals surface area contributed by atoms with Gasteiger partial charge in [-0.15, -0.1) is 0 Å². The van der Waals surface area contributed by atoms with Crippen LogP contribution >= 0.6 is 0 Å². The molecule has 0 spiro atoms. The number of nitrogens with two attached hydrogens (primary N) is 2. The van der Waals surface area contributed by atoms with E-state index in [-0.39, 0.29) is 31.7 Å². The summed E-state index contributed by atoms with van der Waals surface area (Å²) in [5.41, 5.74) is 10.2. The normalized spacial score (nSPS) is 15.3. The largest absolute Gasteiger partial charge is 0.481 e. The predicted octanol–water partition coefficient (Wildman–Crippen LogP) is -7.21. The summed E-state index contributed by atoms with van der Waals surface area (Å²) in [5.74, 6) is -16.2. The molecule has 82 heavy (non-hydrogen) atoms. The van der Waals surface area contributed by atoms with Crippen molar-refractivity contribution in [2.75, 3.05) is 26.3 Å². The van der Waals surface area contributed by atoms with Crippen LogP contribution in [-0.4, -0.2) is 211 Å². The van der Waals surface area contributed by atoms with Crippen LogP contribution in [-0.2, 0) is 68.7 Å². The molecule has 10 amide bonds. The highest BCUT2D eigenvalue weighted by Gasteiger charge is 2.38. The minimum absolute atomic E-state index is 0.0285. The Bertz CT molecular complexity index is 2370. The van der Waals surface area contributed by atoms with E-state index in [2.05, 4.69) is 53.2 Å². The molecule has 1 rings (SSSR count). The minimum Gasteiger partial charge on any atom is -0.481 e. The third kappa shape index (κ3) is 26.6. The number of carbonyl (C=O) groups is 13. The number of nitrogens with one attached hydrogen (secondary N) is 10. The molecular weight excluding hydrogens is 1090 g/mol. The van der Waals surface area contributed by atoms with Crippen molar-refractivity contribution in [3.8, 4) is 0 Å². The number of aliphatic carboxylic acids is 3. The van der Waals surface area contributed by atoms with Gasteiger partial charge in [-0.1, -0.05) is 44.2 Å². The molecule has 0 aromatic heterocycles. The van der Waals surface area contributed by atoms with Crippen molar-refractivity contribution in [1.29, 1.82) is 0 Å². The first-order valence-electron chi connectivity index (χ1n) is 26.0. The lowest BCUT2D eigenvalue weighted by atomic mass is 10.0. The van der Waals surface area contributed by atoms with Crippen LogP contribution in [0.15, 0.2) is 30.3 Å². The zero-order valence-electron chi connectivity index (χ0n) is 46.4. The van der Waals surface area contributed by atoms with Crippen molar-refractivity contribution < 1.29 is 98.1 Å². The fourth-order valence-corrected chi connectivity index (χ4v) is 7.36. The van der Waals surface area contributed by atoms with Crippen LogP contribution in [0.3, 0.4) is 0 Å². The first-order chi connectivity index (χ1) is 38.3. The van der Waals surface area contributed by atoms with E-state index in [4.69, 9.17) is 16.6 Å². The molecule has 21 N–H and O–H groups in total. The number of carboxylic acid groups (broad SMARTS) is 3. The molecule has 460 valence electrons. The zero-order chi connectivity index (χ0) is 62.6. The van der Waals surface area contributed by atoms with Crippen molar-refractivity contribution in [3.63, 3.8) is 0 Å². The summed E-state index contributed by atoms with van der Waals surface area (Å²) in [4.78, 5) is 169. The Morgan fingerprint density at radius 3 is 1.46 bits per heavy atom. The summed E-state index contributed by atoms with van der Waals surface area (Å²) < 4.78 is 0. The van der Waals surface area contributed by atoms with Gasteiger partial charge < -0.3 is 100 Å². The lowest BCUT2D eigenvalue weighted by Crippen LogP contribution is -2.63. The minimum atomic E-state index is -2.04. The van der Waals surface area contributed by atoms with Crippen LogP contribution < -0.4 is 64.6 Å². The van der Waals surface area contributed by atoms with Crippen LogP contribution in [0.5, 0.6) is 0 Å². The lowest BCUT2D eigenvalue weighted by molar-refractivity contribution is -0.143. The lowest BCUT2D eigenvalue weighted by Gasteiger charge is -2.28. The Balaban J connectivity index is 3.34. The number of benzene rings is 1. The van der Waals surface area contributed by atoms with Gasteiger partial charge in [-0.3, -0.25) is 57.5 Å². The van der Waals surface area contributed by atoms with Crippen molar-refractivity contribution in [2.24, 2.45) is 17.4 Å². The first-order valence-corrected chi connectivity index (χ1v) is 26.0. The zero-order valence-corrected chi connectivity index (χ0v) is 46.4. The van der Waals surface area contributed by atoms with E-state index in [0.717, 1.165) is 13.8 Å². The van der Waals surface area contributed by atoms with Crippen molar-refractivity contribution >= 4 is 77.0 Å². The van der Waals surface area contributed by atoms with Gasteiger partial charge in [-0.25, -0.2) is 4.79 Å². The van der Waals surface area contributed by atoms with Crippen LogP contribution in [0.4, 0.5) is 0 Å². The first kappa shape index (κ1) is 72.1. The monoisotopic (exact) mass is 1170 g/mol. The standard InChI is InChI=1S/C50H80N12O20/c1-24(2)18-30(41(73)58-33(22-63)44(76)54-29(48(80)81)14-10-11-17-51)55-42(74)32(20-37(70)71)56-45(77)34(23-64)59-47(79)39(26(4)66)62-43(75)31(19-27-12-8-7-9-13-27)57-46(78)38(25(3)65)61-35(67)21-53-40(72)28(15-16-36(68)69)60-49(82)50(5,6)52/h7-9,12-13,24-26,28-34,38-39,63-66H,10-11,14-23,51-52H2,1-6H3,(H,53,72)(H,54,76)(H,55,74)(H,56,77)(H,57,78)(H,58,73)(H,59,79)(H,60,82)(H,61,67)(H,62,75)(H,68,69)(H,70,71)(H,80,81)/t25-,26-,28+,29+,30+,31+,32+,33+,34+,38+,39+/m1/s1. The molecule has 32 heteroatoms. The molecule has 11 atom stereocenters. The molecule has 0 saturated carbocycles. The Labute approximate surface area is 471 Å². The fourth-order valence-electron chi connectivity index (χ4n) is 7.36. The summed E-state index contributed by atoms with van der Waals surface area (Å²) in [6.45, 7) is 5.15. The molecule has 0 saturated heterocycles. The van der Waals surface area contributed by atoms with E-state index < -0.39 is 188 Å². The van der Waals surface area contributed by atoms with Gasteiger partial charge in [0.05, 0.1) is 43.9 Å². The Morgan fingerprint density at radius 2 is 0.988 bits per heavy atom. The van der Waals surface area contributed by atoms with Crippen molar-refractivity contribution in [2.45, 2.75) is 165 Å². The number of aliphatic hydroxyl groups excluding tert-OH is 4. The van der Waals surface area contributed by atoms with Crippen LogP contribution in [0.1, 0.15) is 92.1 Å². The Hall–Kier alpha value is -7.91. The second kappa shape index (κ2) is 35.7. The highest BCUT2D eigenvalue weighted by atomic mass is 16.4. The average Bonchev–Trinajstić information content (AvgIpc) is 3.39. The molecule has 0 heterocycles. The molecule has 0 radical (unpaired) electrons. The summed E-state index contributed by atoms with van der Waals surface area (Å²) >= 11 is 0. The third-order valence-corrected chi connectivity index (χ3v) is 11.9. The quantitative estimate of drug-likeness (QED) is 0.0274. The van der Waals surface area contributed by atoms with Crippen LogP contribution in [0.2, 0.25) is 0 Å². The van der Waals surface area contributed by atoms with Gasteiger partial charge in [0, 0.05) is 12.8 Å². The number of aliphatic hydroxyl groups is 4. The van der Waals surface area contributed by atoms with Crippen molar-refractivity contribution in [3.05, 3.63) is 35.9 Å². The smallest absolute Gasteiger partial charge is 0.326 e. The SMILES string of the molecule is CC(C)C[C@H](NC(=O)[C@H](CC(=O)O)NC(=O)[C@H](CO)NC(=O)[C@@H](NC(=O)[C@H](Cc1ccccc1)NC(=O)[C@@H](NC(=O)CNC(=O)[C@H](CCC(=O)O)NC(=O)C(C)(C)N)[C@@H](C)O)[C@@H](C)O)C(=O)N[C@@H](CO)C(=O)N[C@@H](CCCCN)C(=O)O. The molecule has 1 aromatic rings. The Kier molecular flexibility index (Phi) is 31.4. The van der Waals surface area contributed by atoms with Gasteiger partial charge in [-0.2, -0.15) is 0 Å². The molecule has 0 aliphatic heterocycles. The Morgan fingerprint density at radius 1 is 0.524 bits per heavy atom. The molecule has 0 bridgehead atoms. The maximum atomic E-state index is 14.0. The second-order valence-electron chi connectivity index (χ2n) is 20.2. The molecule has 0 unspecified atom stereocenters. The van der Waals surface area contributed by atoms with Crippen molar-refractivity contribution in [1.82, 2.24) is 53.2 Å². The predicted molar refractivity (Wildman–Crippen MR) is 285 cm³/mol. The van der Waals surface area contributed by atoms with Crippen LogP contribution in [0, 0.1) is 5.92 Å². The van der Waals surface area contributed by atoms with E-state index >= 15 is 0 Å². The highest BCUT2D eigenvalue weighted by molar-refractivity contribution is 5.99. The number of amides is 10. The number of unbranched alkanes of at least 4 members (excludes halogenated alkanes) is 1. The number of carbonyl (C=O) groups excluding carboxylic acids is 10. The van der Waals surface area contributed by atoms with Crippen LogP contribution in [0.25, 0.3) is 0 Å². The van der Waals surface area contributed by atoms with Gasteiger partial charge >= 0.3 is 17.9 Å².